The molecular formula is C11H9FN2O2. The molecule has 1 aromatic carbocycles. The van der Waals surface area contributed by atoms with Gasteiger partial charge in [-0.15, -0.1) is 0 Å². The maximum absolute atomic E-state index is 12.6. The molecule has 1 saturated heterocycles. The third kappa shape index (κ3) is 1.82. The molecule has 5 heteroatoms. The van der Waals surface area contributed by atoms with Gasteiger partial charge in [0.1, 0.15) is 12.7 Å². The van der Waals surface area contributed by atoms with Crippen molar-refractivity contribution in [3.63, 3.8) is 0 Å². The monoisotopic (exact) mass is 220 g/mol. The van der Waals surface area contributed by atoms with Gasteiger partial charge in [0.2, 0.25) is 0 Å². The minimum absolute atomic E-state index is 0.512. The second-order valence-electron chi connectivity index (χ2n) is 3.46. The number of benzene rings is 1. The van der Waals surface area contributed by atoms with E-state index in [-0.39, 0.29) is 0 Å². The predicted octanol–water partition coefficient (Wildman–Crippen LogP) is 1.68. The Labute approximate surface area is 91.6 Å². The van der Waals surface area contributed by atoms with Gasteiger partial charge in [0, 0.05) is 0 Å². The van der Waals surface area contributed by atoms with Gasteiger partial charge >= 0.3 is 6.09 Å². The van der Waals surface area contributed by atoms with E-state index in [9.17, 15) is 9.18 Å². The van der Waals surface area contributed by atoms with Crippen LogP contribution in [0.15, 0.2) is 24.3 Å². The van der Waals surface area contributed by atoms with Crippen LogP contribution in [0.2, 0.25) is 0 Å². The number of carbonyl (C=O) groups is 1. The molecule has 0 unspecified atom stereocenters. The van der Waals surface area contributed by atoms with Crippen LogP contribution in [-0.4, -0.2) is 18.8 Å². The normalized spacial score (nSPS) is 23.4. The Balaban J connectivity index is 2.23. The second kappa shape index (κ2) is 4.19. The van der Waals surface area contributed by atoms with Crippen LogP contribution in [0.3, 0.4) is 0 Å². The number of amides is 1. The molecule has 2 rings (SSSR count). The molecule has 16 heavy (non-hydrogen) atoms. The van der Waals surface area contributed by atoms with Crippen molar-refractivity contribution in [1.82, 2.24) is 5.32 Å². The number of alkyl carbamates (subject to hydrolysis) is 1. The number of halogens is 1. The summed E-state index contributed by atoms with van der Waals surface area (Å²) in [5.41, 5.74) is 1.19. The second-order valence-corrected chi connectivity index (χ2v) is 3.46. The van der Waals surface area contributed by atoms with E-state index in [2.05, 4.69) is 5.32 Å². The quantitative estimate of drug-likeness (QED) is 0.824. The standard InChI is InChI=1S/C11H9FN2O2/c12-5-9-10(16-11(15)14-9)8-3-1-7(6-13)2-4-8/h1-4,9-10H,5H2,(H,14,15)/t9-,10-/m1/s1. The summed E-state index contributed by atoms with van der Waals surface area (Å²) in [6.45, 7) is -0.684. The van der Waals surface area contributed by atoms with E-state index in [0.29, 0.717) is 11.1 Å². The van der Waals surface area contributed by atoms with E-state index in [1.54, 1.807) is 24.3 Å². The zero-order valence-electron chi connectivity index (χ0n) is 8.31. The van der Waals surface area contributed by atoms with Crippen molar-refractivity contribution >= 4 is 6.09 Å². The van der Waals surface area contributed by atoms with Crippen LogP contribution in [0.4, 0.5) is 9.18 Å². The molecule has 1 aliphatic heterocycles. The molecule has 82 valence electrons. The Kier molecular flexibility index (Phi) is 2.73. The van der Waals surface area contributed by atoms with E-state index >= 15 is 0 Å². The van der Waals surface area contributed by atoms with Crippen LogP contribution >= 0.6 is 0 Å². The molecule has 0 aromatic heterocycles. The third-order valence-electron chi connectivity index (χ3n) is 2.44. The fraction of sp³-hybridized carbons (Fsp3) is 0.273. The number of cyclic esters (lactones) is 1. The summed E-state index contributed by atoms with van der Waals surface area (Å²) in [6, 6.07) is 7.86. The lowest BCUT2D eigenvalue weighted by molar-refractivity contribution is 0.128. The number of nitriles is 1. The van der Waals surface area contributed by atoms with Crippen molar-refractivity contribution in [2.75, 3.05) is 6.67 Å². The number of nitrogens with zero attached hydrogens (tertiary/aromatic N) is 1. The van der Waals surface area contributed by atoms with Gasteiger partial charge < -0.3 is 10.1 Å². The minimum atomic E-state index is -0.684. The highest BCUT2D eigenvalue weighted by Gasteiger charge is 2.35. The predicted molar refractivity (Wildman–Crippen MR) is 53.3 cm³/mol. The Hall–Kier alpha value is -2.09. The molecule has 0 bridgehead atoms. The first kappa shape index (κ1) is 10.4. The molecule has 1 amide bonds. The summed E-state index contributed by atoms with van der Waals surface area (Å²) >= 11 is 0. The number of carbonyl (C=O) groups excluding carboxylic acids is 1. The highest BCUT2D eigenvalue weighted by molar-refractivity contribution is 5.70. The van der Waals surface area contributed by atoms with E-state index in [1.807, 2.05) is 6.07 Å². The summed E-state index contributed by atoms with van der Waals surface area (Å²) in [5.74, 6) is 0. The van der Waals surface area contributed by atoms with Crippen molar-refractivity contribution in [2.45, 2.75) is 12.1 Å². The van der Waals surface area contributed by atoms with Gasteiger partial charge in [-0.2, -0.15) is 5.26 Å². The Morgan fingerprint density at radius 3 is 2.69 bits per heavy atom. The van der Waals surface area contributed by atoms with Crippen molar-refractivity contribution < 1.29 is 13.9 Å². The first-order valence-electron chi connectivity index (χ1n) is 4.78. The zero-order valence-corrected chi connectivity index (χ0v) is 8.31. The largest absolute Gasteiger partial charge is 0.439 e. The lowest BCUT2D eigenvalue weighted by Gasteiger charge is -2.13. The molecule has 1 fully saturated rings. The molecule has 0 spiro atoms. The molecule has 0 aliphatic carbocycles. The topological polar surface area (TPSA) is 62.1 Å². The minimum Gasteiger partial charge on any atom is -0.439 e. The number of nitrogens with one attached hydrogen (secondary N) is 1. The average molecular weight is 220 g/mol. The Morgan fingerprint density at radius 1 is 1.44 bits per heavy atom. The van der Waals surface area contributed by atoms with Crippen LogP contribution in [0, 0.1) is 11.3 Å². The smallest absolute Gasteiger partial charge is 0.408 e. The van der Waals surface area contributed by atoms with Crippen molar-refractivity contribution in [3.8, 4) is 6.07 Å². The lowest BCUT2D eigenvalue weighted by atomic mass is 10.0. The summed E-state index contributed by atoms with van der Waals surface area (Å²) < 4.78 is 17.6. The highest BCUT2D eigenvalue weighted by atomic mass is 19.1. The fourth-order valence-electron chi connectivity index (χ4n) is 1.63. The molecule has 4 nitrogen and oxygen atoms in total. The van der Waals surface area contributed by atoms with Crippen molar-refractivity contribution in [3.05, 3.63) is 35.4 Å². The molecule has 1 heterocycles. The SMILES string of the molecule is N#Cc1ccc([C@H]2OC(=O)N[C@@H]2CF)cc1. The molecule has 1 aliphatic rings. The van der Waals surface area contributed by atoms with E-state index < -0.39 is 24.9 Å². The fourth-order valence-corrected chi connectivity index (χ4v) is 1.63. The van der Waals surface area contributed by atoms with Crippen LogP contribution in [0.5, 0.6) is 0 Å². The first-order valence-corrected chi connectivity index (χ1v) is 4.78. The third-order valence-corrected chi connectivity index (χ3v) is 2.44. The number of ether oxygens (including phenoxy) is 1. The van der Waals surface area contributed by atoms with Crippen LogP contribution in [-0.2, 0) is 4.74 Å². The first-order chi connectivity index (χ1) is 7.74. The van der Waals surface area contributed by atoms with E-state index in [1.165, 1.54) is 0 Å². The number of hydrogen-bond acceptors (Lipinski definition) is 3. The number of hydrogen-bond donors (Lipinski definition) is 1. The van der Waals surface area contributed by atoms with Gasteiger partial charge in [0.25, 0.3) is 0 Å². The Bertz CT molecular complexity index is 438. The van der Waals surface area contributed by atoms with Crippen LogP contribution < -0.4 is 5.32 Å². The van der Waals surface area contributed by atoms with Gasteiger partial charge in [-0.1, -0.05) is 12.1 Å². The van der Waals surface area contributed by atoms with Gasteiger partial charge in [0.05, 0.1) is 11.6 Å². The summed E-state index contributed by atoms with van der Waals surface area (Å²) in [6.07, 6.45) is -1.23. The van der Waals surface area contributed by atoms with Gasteiger partial charge in [0.15, 0.2) is 6.10 Å². The average Bonchev–Trinajstić information content (AvgIpc) is 2.70. The highest BCUT2D eigenvalue weighted by Crippen LogP contribution is 2.26. The van der Waals surface area contributed by atoms with Crippen molar-refractivity contribution in [2.24, 2.45) is 0 Å². The molecule has 0 radical (unpaired) electrons. The number of rotatable bonds is 2. The molecule has 2 atom stereocenters. The summed E-state index contributed by atoms with van der Waals surface area (Å²) in [7, 11) is 0. The van der Waals surface area contributed by atoms with E-state index in [0.717, 1.165) is 0 Å². The Morgan fingerprint density at radius 2 is 2.12 bits per heavy atom. The van der Waals surface area contributed by atoms with Gasteiger partial charge in [-0.05, 0) is 17.7 Å². The molecular weight excluding hydrogens is 211 g/mol. The maximum atomic E-state index is 12.6. The molecule has 0 saturated carbocycles. The van der Waals surface area contributed by atoms with Gasteiger partial charge in [-0.25, -0.2) is 9.18 Å². The molecule has 1 aromatic rings. The number of alkyl halides is 1. The van der Waals surface area contributed by atoms with E-state index in [4.69, 9.17) is 10.00 Å². The zero-order chi connectivity index (χ0) is 11.5. The summed E-state index contributed by atoms with van der Waals surface area (Å²) in [4.78, 5) is 11.0. The van der Waals surface area contributed by atoms with Crippen LogP contribution in [0.25, 0.3) is 0 Å². The summed E-state index contributed by atoms with van der Waals surface area (Å²) in [5, 5.41) is 11.0. The van der Waals surface area contributed by atoms with Crippen LogP contribution in [0.1, 0.15) is 17.2 Å². The van der Waals surface area contributed by atoms with Gasteiger partial charge in [-0.3, -0.25) is 0 Å². The molecule has 1 N–H and O–H groups in total. The lowest BCUT2D eigenvalue weighted by Crippen LogP contribution is -2.29. The van der Waals surface area contributed by atoms with Crippen molar-refractivity contribution in [1.29, 1.82) is 5.26 Å². The maximum Gasteiger partial charge on any atom is 0.408 e.